The van der Waals surface area contributed by atoms with E-state index in [1.165, 1.54) is 16.8 Å². The van der Waals surface area contributed by atoms with Gasteiger partial charge in [-0.25, -0.2) is 4.98 Å². The monoisotopic (exact) mass is 257 g/mol. The van der Waals surface area contributed by atoms with Crippen LogP contribution >= 0.6 is 11.3 Å². The van der Waals surface area contributed by atoms with Crippen molar-refractivity contribution in [3.05, 3.63) is 47.1 Å². The second kappa shape index (κ2) is 4.55. The highest BCUT2D eigenvalue weighted by Gasteiger charge is 2.09. The lowest BCUT2D eigenvalue weighted by Gasteiger charge is -2.00. The average Bonchev–Trinajstić information content (AvgIpc) is 2.90. The molecule has 0 saturated carbocycles. The lowest BCUT2D eigenvalue weighted by Crippen LogP contribution is -2.02. The van der Waals surface area contributed by atoms with Crippen LogP contribution in [0.25, 0.3) is 16.2 Å². The Morgan fingerprint density at radius 1 is 1.28 bits per heavy atom. The van der Waals surface area contributed by atoms with E-state index < -0.39 is 0 Å². The Labute approximate surface area is 110 Å². The van der Waals surface area contributed by atoms with Crippen LogP contribution in [0.5, 0.6) is 0 Å². The maximum atomic E-state index is 5.57. The zero-order valence-corrected chi connectivity index (χ0v) is 11.1. The fraction of sp³-hybridized carbons (Fsp3) is 0.214. The molecular formula is C14H15N3S. The second-order valence-electron chi connectivity index (χ2n) is 4.41. The maximum Gasteiger partial charge on any atom is 0.194 e. The summed E-state index contributed by atoms with van der Waals surface area (Å²) in [6, 6.07) is 8.58. The molecule has 3 rings (SSSR count). The van der Waals surface area contributed by atoms with E-state index in [0.29, 0.717) is 6.54 Å². The quantitative estimate of drug-likeness (QED) is 0.784. The molecule has 2 aromatic heterocycles. The zero-order valence-electron chi connectivity index (χ0n) is 10.3. The van der Waals surface area contributed by atoms with Gasteiger partial charge in [0.05, 0.1) is 11.4 Å². The highest BCUT2D eigenvalue weighted by atomic mass is 32.1. The van der Waals surface area contributed by atoms with Crippen molar-refractivity contribution in [1.82, 2.24) is 9.38 Å². The van der Waals surface area contributed by atoms with Gasteiger partial charge in [-0.05, 0) is 19.0 Å². The minimum absolute atomic E-state index is 0.644. The van der Waals surface area contributed by atoms with E-state index in [1.54, 1.807) is 11.3 Å². The minimum Gasteiger partial charge on any atom is -0.330 e. The van der Waals surface area contributed by atoms with Crippen molar-refractivity contribution in [2.45, 2.75) is 13.3 Å². The molecule has 4 heteroatoms. The zero-order chi connectivity index (χ0) is 12.5. The van der Waals surface area contributed by atoms with E-state index in [4.69, 9.17) is 5.73 Å². The van der Waals surface area contributed by atoms with Crippen molar-refractivity contribution in [2.75, 3.05) is 6.54 Å². The van der Waals surface area contributed by atoms with Crippen molar-refractivity contribution in [1.29, 1.82) is 0 Å². The smallest absolute Gasteiger partial charge is 0.194 e. The molecule has 0 saturated heterocycles. The largest absolute Gasteiger partial charge is 0.330 e. The number of hydrogen-bond donors (Lipinski definition) is 1. The number of imidazole rings is 1. The molecule has 0 fully saturated rings. The SMILES string of the molecule is Cc1ccc(-c2csc3nc(CCN)cn23)cc1. The van der Waals surface area contributed by atoms with Gasteiger partial charge in [0.25, 0.3) is 0 Å². The maximum absolute atomic E-state index is 5.57. The predicted octanol–water partition coefficient (Wildman–Crippen LogP) is 2.87. The van der Waals surface area contributed by atoms with E-state index >= 15 is 0 Å². The van der Waals surface area contributed by atoms with Crippen LogP contribution in [0.4, 0.5) is 0 Å². The number of hydrogen-bond acceptors (Lipinski definition) is 3. The van der Waals surface area contributed by atoms with Crippen LogP contribution in [-0.4, -0.2) is 15.9 Å². The molecule has 0 aliphatic rings. The Morgan fingerprint density at radius 2 is 2.06 bits per heavy atom. The van der Waals surface area contributed by atoms with Crippen molar-refractivity contribution >= 4 is 16.3 Å². The summed E-state index contributed by atoms with van der Waals surface area (Å²) in [5, 5.41) is 2.15. The number of benzene rings is 1. The summed E-state index contributed by atoms with van der Waals surface area (Å²) in [4.78, 5) is 5.60. The van der Waals surface area contributed by atoms with Crippen LogP contribution in [-0.2, 0) is 6.42 Å². The van der Waals surface area contributed by atoms with Gasteiger partial charge in [0, 0.05) is 18.0 Å². The third kappa shape index (κ3) is 1.94. The lowest BCUT2D eigenvalue weighted by molar-refractivity contribution is 0.937. The van der Waals surface area contributed by atoms with Crippen LogP contribution in [0.15, 0.2) is 35.8 Å². The Morgan fingerprint density at radius 3 is 2.78 bits per heavy atom. The first-order valence-electron chi connectivity index (χ1n) is 6.00. The highest BCUT2D eigenvalue weighted by Crippen LogP contribution is 2.26. The summed E-state index contributed by atoms with van der Waals surface area (Å²) in [6.45, 7) is 2.74. The Hall–Kier alpha value is -1.65. The summed E-state index contributed by atoms with van der Waals surface area (Å²) in [6.07, 6.45) is 2.93. The van der Waals surface area contributed by atoms with E-state index in [2.05, 4.69) is 52.2 Å². The van der Waals surface area contributed by atoms with Gasteiger partial charge < -0.3 is 5.73 Å². The number of nitrogens with zero attached hydrogens (tertiary/aromatic N) is 2. The van der Waals surface area contributed by atoms with Crippen molar-refractivity contribution < 1.29 is 0 Å². The second-order valence-corrected chi connectivity index (χ2v) is 5.25. The average molecular weight is 257 g/mol. The van der Waals surface area contributed by atoms with Gasteiger partial charge in [-0.15, -0.1) is 11.3 Å². The summed E-state index contributed by atoms with van der Waals surface area (Å²) in [7, 11) is 0. The van der Waals surface area contributed by atoms with Gasteiger partial charge in [0.1, 0.15) is 0 Å². The van der Waals surface area contributed by atoms with Gasteiger partial charge in [-0.1, -0.05) is 29.8 Å². The molecule has 3 aromatic rings. The van der Waals surface area contributed by atoms with Gasteiger partial charge in [-0.2, -0.15) is 0 Å². The van der Waals surface area contributed by atoms with E-state index in [-0.39, 0.29) is 0 Å². The molecule has 0 unspecified atom stereocenters. The van der Waals surface area contributed by atoms with Crippen LogP contribution < -0.4 is 5.73 Å². The minimum atomic E-state index is 0.644. The predicted molar refractivity (Wildman–Crippen MR) is 76.0 cm³/mol. The van der Waals surface area contributed by atoms with E-state index in [0.717, 1.165) is 17.1 Å². The Balaban J connectivity index is 2.08. The third-order valence-corrected chi connectivity index (χ3v) is 3.85. The summed E-state index contributed by atoms with van der Waals surface area (Å²) < 4.78 is 2.15. The van der Waals surface area contributed by atoms with Crippen LogP contribution in [0.2, 0.25) is 0 Å². The molecule has 0 atom stereocenters. The van der Waals surface area contributed by atoms with Crippen LogP contribution in [0.1, 0.15) is 11.3 Å². The van der Waals surface area contributed by atoms with E-state index in [1.807, 2.05) is 0 Å². The van der Waals surface area contributed by atoms with Gasteiger partial charge in [0.15, 0.2) is 4.96 Å². The molecule has 18 heavy (non-hydrogen) atoms. The Kier molecular flexibility index (Phi) is 2.89. The molecular weight excluding hydrogens is 242 g/mol. The normalized spacial score (nSPS) is 11.2. The number of fused-ring (bicyclic) bond motifs is 1. The van der Waals surface area contributed by atoms with Gasteiger partial charge >= 0.3 is 0 Å². The van der Waals surface area contributed by atoms with Gasteiger partial charge in [-0.3, -0.25) is 4.40 Å². The number of rotatable bonds is 3. The first kappa shape index (κ1) is 11.4. The number of aromatic nitrogens is 2. The summed E-state index contributed by atoms with van der Waals surface area (Å²) in [5.41, 5.74) is 10.3. The molecule has 1 aromatic carbocycles. The molecule has 2 heterocycles. The molecule has 2 N–H and O–H groups in total. The van der Waals surface area contributed by atoms with Crippen molar-refractivity contribution in [3.8, 4) is 11.3 Å². The lowest BCUT2D eigenvalue weighted by atomic mass is 10.1. The van der Waals surface area contributed by atoms with E-state index in [9.17, 15) is 0 Å². The topological polar surface area (TPSA) is 43.3 Å². The molecule has 0 aliphatic carbocycles. The van der Waals surface area contributed by atoms with Crippen LogP contribution in [0, 0.1) is 6.92 Å². The summed E-state index contributed by atoms with van der Waals surface area (Å²) in [5.74, 6) is 0. The Bertz CT molecular complexity index is 664. The molecule has 0 aliphatic heterocycles. The third-order valence-electron chi connectivity index (χ3n) is 3.01. The molecule has 0 bridgehead atoms. The molecule has 0 spiro atoms. The van der Waals surface area contributed by atoms with Crippen molar-refractivity contribution in [2.24, 2.45) is 5.73 Å². The van der Waals surface area contributed by atoms with Gasteiger partial charge in [0.2, 0.25) is 0 Å². The fourth-order valence-electron chi connectivity index (χ4n) is 2.03. The molecule has 3 nitrogen and oxygen atoms in total. The standard InChI is InChI=1S/C14H15N3S/c1-10-2-4-11(5-3-10)13-9-18-14-16-12(6-7-15)8-17(13)14/h2-5,8-9H,6-7,15H2,1H3. The van der Waals surface area contributed by atoms with Crippen molar-refractivity contribution in [3.63, 3.8) is 0 Å². The number of aryl methyl sites for hydroxylation is 1. The number of thiazole rings is 1. The highest BCUT2D eigenvalue weighted by molar-refractivity contribution is 7.15. The number of nitrogens with two attached hydrogens (primary N) is 1. The molecule has 0 amide bonds. The molecule has 0 radical (unpaired) electrons. The summed E-state index contributed by atoms with van der Waals surface area (Å²) >= 11 is 1.67. The first-order valence-corrected chi connectivity index (χ1v) is 6.88. The fourth-order valence-corrected chi connectivity index (χ4v) is 2.93. The first-order chi connectivity index (χ1) is 8.78. The molecule has 92 valence electrons. The van der Waals surface area contributed by atoms with Crippen LogP contribution in [0.3, 0.4) is 0 Å².